The van der Waals surface area contributed by atoms with Gasteiger partial charge < -0.3 is 5.32 Å². The van der Waals surface area contributed by atoms with Gasteiger partial charge in [0.2, 0.25) is 5.91 Å². The first kappa shape index (κ1) is 18.9. The third-order valence-electron chi connectivity index (χ3n) is 4.61. The van der Waals surface area contributed by atoms with Gasteiger partial charge >= 0.3 is 0 Å². The first-order valence-corrected chi connectivity index (χ1v) is 10.1. The van der Waals surface area contributed by atoms with Gasteiger partial charge in [0.15, 0.2) is 0 Å². The van der Waals surface area contributed by atoms with Crippen LogP contribution >= 0.6 is 11.8 Å². The van der Waals surface area contributed by atoms with E-state index in [1.807, 2.05) is 30.3 Å². The summed E-state index contributed by atoms with van der Waals surface area (Å²) < 4.78 is 13.0. The first-order chi connectivity index (χ1) is 12.7. The second-order valence-corrected chi connectivity index (χ2v) is 7.82. The Bertz CT molecular complexity index is 693. The maximum absolute atomic E-state index is 13.0. The molecule has 0 aliphatic carbocycles. The molecule has 3 nitrogen and oxygen atoms in total. The van der Waals surface area contributed by atoms with Crippen LogP contribution in [0.4, 0.5) is 4.39 Å². The van der Waals surface area contributed by atoms with Crippen LogP contribution in [0.2, 0.25) is 0 Å². The largest absolute Gasteiger partial charge is 0.355 e. The van der Waals surface area contributed by atoms with Gasteiger partial charge in [0.05, 0.1) is 5.92 Å². The lowest BCUT2D eigenvalue weighted by molar-refractivity contribution is -0.126. The van der Waals surface area contributed by atoms with Gasteiger partial charge in [-0.05, 0) is 49.2 Å². The summed E-state index contributed by atoms with van der Waals surface area (Å²) in [5.41, 5.74) is 1.09. The van der Waals surface area contributed by atoms with Gasteiger partial charge in [-0.25, -0.2) is 4.39 Å². The Morgan fingerprint density at radius 2 is 1.92 bits per heavy atom. The summed E-state index contributed by atoms with van der Waals surface area (Å²) in [4.78, 5) is 16.0. The minimum absolute atomic E-state index is 0.0472. The van der Waals surface area contributed by atoms with E-state index in [1.165, 1.54) is 17.0 Å². The van der Waals surface area contributed by atoms with Gasteiger partial charge in [-0.2, -0.15) is 0 Å². The van der Waals surface area contributed by atoms with Crippen LogP contribution in [0.1, 0.15) is 18.4 Å². The Balaban J connectivity index is 1.40. The topological polar surface area (TPSA) is 32.3 Å². The van der Waals surface area contributed by atoms with Crippen LogP contribution in [0.15, 0.2) is 59.5 Å². The van der Waals surface area contributed by atoms with Crippen molar-refractivity contribution < 1.29 is 9.18 Å². The number of thioether (sulfide) groups is 1. The lowest BCUT2D eigenvalue weighted by Crippen LogP contribution is -2.43. The lowest BCUT2D eigenvalue weighted by Gasteiger charge is -2.32. The van der Waals surface area contributed by atoms with Crippen molar-refractivity contribution in [3.63, 3.8) is 0 Å². The molecule has 138 valence electrons. The van der Waals surface area contributed by atoms with Crippen molar-refractivity contribution in [3.8, 4) is 0 Å². The van der Waals surface area contributed by atoms with Crippen molar-refractivity contribution in [3.05, 3.63) is 66.0 Å². The van der Waals surface area contributed by atoms with E-state index in [9.17, 15) is 9.18 Å². The summed E-state index contributed by atoms with van der Waals surface area (Å²) in [5, 5.41) is 3.08. The number of likely N-dealkylation sites (tertiary alicyclic amines) is 1. The minimum Gasteiger partial charge on any atom is -0.355 e. The average Bonchev–Trinajstić information content (AvgIpc) is 2.68. The van der Waals surface area contributed by atoms with Crippen molar-refractivity contribution in [2.24, 2.45) is 5.92 Å². The molecule has 1 N–H and O–H groups in total. The normalized spacial score (nSPS) is 17.8. The molecule has 2 aromatic carbocycles. The van der Waals surface area contributed by atoms with Crippen molar-refractivity contribution in [2.45, 2.75) is 24.3 Å². The second kappa shape index (κ2) is 9.74. The quantitative estimate of drug-likeness (QED) is 0.590. The van der Waals surface area contributed by atoms with Gasteiger partial charge in [-0.1, -0.05) is 30.3 Å². The number of rotatable bonds is 7. The van der Waals surface area contributed by atoms with Crippen LogP contribution in [0.25, 0.3) is 0 Å². The SMILES string of the molecule is O=C(NCCSc1ccccc1)[C@H]1CCCN(Cc2ccc(F)cc2)C1. The van der Waals surface area contributed by atoms with Crippen molar-refractivity contribution in [1.29, 1.82) is 0 Å². The standard InChI is InChI=1S/C21H25FN2OS/c22-19-10-8-17(9-11-19)15-24-13-4-5-18(16-24)21(25)23-12-14-26-20-6-2-1-3-7-20/h1-3,6-11,18H,4-5,12-16H2,(H,23,25)/t18-/m0/s1. The molecule has 0 bridgehead atoms. The molecule has 1 aliphatic heterocycles. The molecule has 0 saturated carbocycles. The van der Waals surface area contributed by atoms with Gasteiger partial charge in [0.1, 0.15) is 5.82 Å². The fourth-order valence-corrected chi connectivity index (χ4v) is 4.05. The molecule has 2 aromatic rings. The maximum atomic E-state index is 13.0. The van der Waals surface area contributed by atoms with E-state index < -0.39 is 0 Å². The van der Waals surface area contributed by atoms with Gasteiger partial charge in [-0.3, -0.25) is 9.69 Å². The number of piperidine rings is 1. The number of carbonyl (C=O) groups excluding carboxylic acids is 1. The molecule has 0 radical (unpaired) electrons. The number of carbonyl (C=O) groups is 1. The van der Waals surface area contributed by atoms with E-state index >= 15 is 0 Å². The molecule has 1 saturated heterocycles. The number of nitrogens with one attached hydrogen (secondary N) is 1. The molecule has 1 atom stereocenters. The molecule has 1 fully saturated rings. The van der Waals surface area contributed by atoms with E-state index in [4.69, 9.17) is 0 Å². The molecule has 0 aromatic heterocycles. The maximum Gasteiger partial charge on any atom is 0.224 e. The number of hydrogen-bond donors (Lipinski definition) is 1. The molecule has 26 heavy (non-hydrogen) atoms. The number of hydrogen-bond acceptors (Lipinski definition) is 3. The average molecular weight is 373 g/mol. The summed E-state index contributed by atoms with van der Waals surface area (Å²) in [6.07, 6.45) is 1.97. The highest BCUT2D eigenvalue weighted by atomic mass is 32.2. The predicted octanol–water partition coefficient (Wildman–Crippen LogP) is 3.95. The van der Waals surface area contributed by atoms with Crippen molar-refractivity contribution >= 4 is 17.7 Å². The molecule has 1 aliphatic rings. The summed E-state index contributed by atoms with van der Waals surface area (Å²) in [6.45, 7) is 3.22. The molecule has 1 amide bonds. The molecular weight excluding hydrogens is 347 g/mol. The van der Waals surface area contributed by atoms with Crippen LogP contribution in [0.5, 0.6) is 0 Å². The minimum atomic E-state index is -0.210. The fourth-order valence-electron chi connectivity index (χ4n) is 3.27. The van der Waals surface area contributed by atoms with Crippen LogP contribution in [0.3, 0.4) is 0 Å². The second-order valence-electron chi connectivity index (χ2n) is 6.65. The summed E-state index contributed by atoms with van der Waals surface area (Å²) in [5.74, 6) is 0.869. The monoisotopic (exact) mass is 372 g/mol. The van der Waals surface area contributed by atoms with Crippen molar-refractivity contribution in [1.82, 2.24) is 10.2 Å². The highest BCUT2D eigenvalue weighted by molar-refractivity contribution is 7.99. The Morgan fingerprint density at radius 1 is 1.15 bits per heavy atom. The van der Waals surface area contributed by atoms with E-state index in [-0.39, 0.29) is 17.6 Å². The van der Waals surface area contributed by atoms with Crippen LogP contribution in [0, 0.1) is 11.7 Å². The van der Waals surface area contributed by atoms with E-state index in [2.05, 4.69) is 22.3 Å². The Morgan fingerprint density at radius 3 is 2.69 bits per heavy atom. The number of benzene rings is 2. The number of amides is 1. The van der Waals surface area contributed by atoms with Gasteiger partial charge in [-0.15, -0.1) is 11.8 Å². The first-order valence-electron chi connectivity index (χ1n) is 9.13. The van der Waals surface area contributed by atoms with Gasteiger partial charge in [0, 0.05) is 30.3 Å². The zero-order valence-electron chi connectivity index (χ0n) is 14.9. The Labute approximate surface area is 159 Å². The lowest BCUT2D eigenvalue weighted by atomic mass is 9.96. The predicted molar refractivity (Wildman–Crippen MR) is 105 cm³/mol. The fraction of sp³-hybridized carbons (Fsp3) is 0.381. The van der Waals surface area contributed by atoms with Crippen molar-refractivity contribution in [2.75, 3.05) is 25.4 Å². The summed E-state index contributed by atoms with van der Waals surface area (Å²) in [7, 11) is 0. The number of halogens is 1. The molecular formula is C21H25FN2OS. The molecule has 1 heterocycles. The van der Waals surface area contributed by atoms with Crippen LogP contribution in [-0.2, 0) is 11.3 Å². The van der Waals surface area contributed by atoms with Crippen LogP contribution < -0.4 is 5.32 Å². The molecule has 3 rings (SSSR count). The molecule has 0 spiro atoms. The van der Waals surface area contributed by atoms with E-state index in [0.29, 0.717) is 6.54 Å². The summed E-state index contributed by atoms with van der Waals surface area (Å²) in [6, 6.07) is 16.9. The third kappa shape index (κ3) is 5.85. The van der Waals surface area contributed by atoms with E-state index in [1.54, 1.807) is 11.8 Å². The highest BCUT2D eigenvalue weighted by Crippen LogP contribution is 2.19. The smallest absolute Gasteiger partial charge is 0.224 e. The van der Waals surface area contributed by atoms with Gasteiger partial charge in [0.25, 0.3) is 0 Å². The number of nitrogens with zero attached hydrogens (tertiary/aromatic N) is 1. The molecule has 0 unspecified atom stereocenters. The molecule has 5 heteroatoms. The zero-order chi connectivity index (χ0) is 18.2. The Kier molecular flexibility index (Phi) is 7.09. The van der Waals surface area contributed by atoms with Crippen LogP contribution in [-0.4, -0.2) is 36.2 Å². The third-order valence-corrected chi connectivity index (χ3v) is 5.62. The highest BCUT2D eigenvalue weighted by Gasteiger charge is 2.25. The summed E-state index contributed by atoms with van der Waals surface area (Å²) >= 11 is 1.76. The zero-order valence-corrected chi connectivity index (χ0v) is 15.7. The Hall–Kier alpha value is -1.85. The van der Waals surface area contributed by atoms with E-state index in [0.717, 1.165) is 43.8 Å².